The molecule has 1 heterocycles. The predicted molar refractivity (Wildman–Crippen MR) is 61.9 cm³/mol. The van der Waals surface area contributed by atoms with E-state index in [1.165, 1.54) is 0 Å². The molecule has 1 aromatic heterocycles. The zero-order chi connectivity index (χ0) is 15.2. The number of halogens is 4. The van der Waals surface area contributed by atoms with Gasteiger partial charge in [-0.1, -0.05) is 11.6 Å². The van der Waals surface area contributed by atoms with Crippen LogP contribution in [0.3, 0.4) is 0 Å². The summed E-state index contributed by atoms with van der Waals surface area (Å²) in [5.74, 6) is 0. The molecule has 0 spiro atoms. The normalized spacial score (nSPS) is 11.8. The number of nitro groups is 1. The molecule has 11 heteroatoms. The highest BCUT2D eigenvalue weighted by Gasteiger charge is 2.40. The van der Waals surface area contributed by atoms with Crippen LogP contribution in [0.25, 0.3) is 11.0 Å². The number of aromatic amines is 2. The first kappa shape index (κ1) is 14.1. The van der Waals surface area contributed by atoms with Gasteiger partial charge in [-0.25, -0.2) is 0 Å². The Bertz CT molecular complexity index is 839. The number of alkyl halides is 3. The van der Waals surface area contributed by atoms with Crippen LogP contribution in [-0.2, 0) is 6.18 Å². The highest BCUT2D eigenvalue weighted by atomic mass is 35.5. The highest BCUT2D eigenvalue weighted by molar-refractivity contribution is 6.35. The minimum absolute atomic E-state index is 0.316. The second-order valence-corrected chi connectivity index (χ2v) is 4.07. The number of H-pyrrole nitrogens is 2. The third-order valence-corrected chi connectivity index (χ3v) is 2.72. The SMILES string of the molecule is O=c1[nH]c2c(Cl)cc(C(F)(F)F)c([N+](=O)[O-])c2[nH]c1=O. The number of nitrogens with zero attached hydrogens (tertiary/aromatic N) is 1. The van der Waals surface area contributed by atoms with Gasteiger partial charge < -0.3 is 9.97 Å². The zero-order valence-corrected chi connectivity index (χ0v) is 9.93. The van der Waals surface area contributed by atoms with Crippen molar-refractivity contribution >= 4 is 28.3 Å². The van der Waals surface area contributed by atoms with Crippen LogP contribution in [0.2, 0.25) is 5.02 Å². The molecule has 0 aliphatic rings. The molecular weight excluding hydrogens is 307 g/mol. The number of hydrogen-bond donors (Lipinski definition) is 2. The molecule has 0 fully saturated rings. The molecule has 2 rings (SSSR count). The van der Waals surface area contributed by atoms with E-state index >= 15 is 0 Å². The fraction of sp³-hybridized carbons (Fsp3) is 0.111. The largest absolute Gasteiger partial charge is 0.423 e. The molecule has 106 valence electrons. The Balaban J connectivity index is 3.10. The maximum Gasteiger partial charge on any atom is 0.423 e. The smallest absolute Gasteiger partial charge is 0.314 e. The van der Waals surface area contributed by atoms with E-state index in [0.717, 1.165) is 0 Å². The summed E-state index contributed by atoms with van der Waals surface area (Å²) in [6.45, 7) is 0. The molecule has 20 heavy (non-hydrogen) atoms. The van der Waals surface area contributed by atoms with Gasteiger partial charge in [0.05, 0.1) is 15.5 Å². The summed E-state index contributed by atoms with van der Waals surface area (Å²) in [5.41, 5.74) is -6.76. The van der Waals surface area contributed by atoms with Crippen LogP contribution in [0.1, 0.15) is 5.56 Å². The number of aromatic nitrogens is 2. The molecule has 0 saturated heterocycles. The lowest BCUT2D eigenvalue weighted by atomic mass is 10.1. The average Bonchev–Trinajstić information content (AvgIpc) is 2.29. The van der Waals surface area contributed by atoms with Gasteiger partial charge in [0.2, 0.25) is 0 Å². The molecule has 2 aromatic rings. The number of hydrogen-bond acceptors (Lipinski definition) is 4. The van der Waals surface area contributed by atoms with Crippen molar-refractivity contribution in [2.24, 2.45) is 0 Å². The standard InChI is InChI=1S/C9H3ClF3N3O4/c10-3-1-2(9(11,12)13)6(16(19)20)5-4(3)14-7(17)8(18)15-5/h1H,(H,14,17)(H,15,18). The minimum atomic E-state index is -5.05. The van der Waals surface area contributed by atoms with Crippen molar-refractivity contribution in [2.45, 2.75) is 6.18 Å². The lowest BCUT2D eigenvalue weighted by Gasteiger charge is -2.10. The van der Waals surface area contributed by atoms with E-state index in [1.807, 2.05) is 4.98 Å². The van der Waals surface area contributed by atoms with Gasteiger partial charge in [0.25, 0.3) is 0 Å². The Morgan fingerprint density at radius 2 is 1.65 bits per heavy atom. The molecule has 2 N–H and O–H groups in total. The topological polar surface area (TPSA) is 109 Å². The minimum Gasteiger partial charge on any atom is -0.314 e. The monoisotopic (exact) mass is 309 g/mol. The molecule has 0 unspecified atom stereocenters. The van der Waals surface area contributed by atoms with Gasteiger partial charge in [0, 0.05) is 0 Å². The summed E-state index contributed by atoms with van der Waals surface area (Å²) in [4.78, 5) is 35.4. The first-order valence-electron chi connectivity index (χ1n) is 4.83. The van der Waals surface area contributed by atoms with Gasteiger partial charge in [0.1, 0.15) is 11.1 Å². The highest BCUT2D eigenvalue weighted by Crippen LogP contribution is 2.41. The van der Waals surface area contributed by atoms with Crippen LogP contribution in [0, 0.1) is 10.1 Å². The lowest BCUT2D eigenvalue weighted by molar-refractivity contribution is -0.386. The maximum absolute atomic E-state index is 12.8. The van der Waals surface area contributed by atoms with Crippen LogP contribution < -0.4 is 11.1 Å². The number of nitro benzene ring substituents is 1. The predicted octanol–water partition coefficient (Wildman–Crippen LogP) is 1.80. The molecule has 0 bridgehead atoms. The maximum atomic E-state index is 12.8. The van der Waals surface area contributed by atoms with Crippen molar-refractivity contribution in [1.29, 1.82) is 0 Å². The summed E-state index contributed by atoms with van der Waals surface area (Å²) >= 11 is 5.55. The van der Waals surface area contributed by atoms with Crippen molar-refractivity contribution in [3.05, 3.63) is 47.5 Å². The third kappa shape index (κ3) is 2.13. The summed E-state index contributed by atoms with van der Waals surface area (Å²) in [6.07, 6.45) is -5.05. The number of nitrogens with one attached hydrogen (secondary N) is 2. The number of rotatable bonds is 1. The fourth-order valence-corrected chi connectivity index (χ4v) is 1.88. The molecule has 0 aliphatic carbocycles. The van der Waals surface area contributed by atoms with Gasteiger partial charge in [-0.2, -0.15) is 13.2 Å². The van der Waals surface area contributed by atoms with E-state index in [4.69, 9.17) is 11.6 Å². The van der Waals surface area contributed by atoms with E-state index in [1.54, 1.807) is 4.98 Å². The van der Waals surface area contributed by atoms with Crippen LogP contribution >= 0.6 is 11.6 Å². The quantitative estimate of drug-likeness (QED) is 0.475. The fourth-order valence-electron chi connectivity index (χ4n) is 1.63. The van der Waals surface area contributed by atoms with E-state index in [9.17, 15) is 32.9 Å². The van der Waals surface area contributed by atoms with Crippen molar-refractivity contribution in [3.63, 3.8) is 0 Å². The molecule has 1 aromatic carbocycles. The van der Waals surface area contributed by atoms with Crippen LogP contribution in [0.5, 0.6) is 0 Å². The number of benzene rings is 1. The van der Waals surface area contributed by atoms with E-state index in [0.29, 0.717) is 6.07 Å². The summed E-state index contributed by atoms with van der Waals surface area (Å²) in [7, 11) is 0. The van der Waals surface area contributed by atoms with Gasteiger partial charge >= 0.3 is 23.0 Å². The van der Waals surface area contributed by atoms with Gasteiger partial charge in [0.15, 0.2) is 0 Å². The van der Waals surface area contributed by atoms with Gasteiger partial charge in [-0.3, -0.25) is 19.7 Å². The van der Waals surface area contributed by atoms with Crippen molar-refractivity contribution < 1.29 is 18.1 Å². The second kappa shape index (κ2) is 4.34. The molecule has 0 amide bonds. The first-order chi connectivity index (χ1) is 9.12. The molecule has 0 atom stereocenters. The molecule has 7 nitrogen and oxygen atoms in total. The van der Waals surface area contributed by atoms with Gasteiger partial charge in [-0.15, -0.1) is 0 Å². The van der Waals surface area contributed by atoms with Crippen LogP contribution in [0.15, 0.2) is 15.7 Å². The van der Waals surface area contributed by atoms with Crippen molar-refractivity contribution in [2.75, 3.05) is 0 Å². The van der Waals surface area contributed by atoms with Crippen molar-refractivity contribution in [1.82, 2.24) is 9.97 Å². The van der Waals surface area contributed by atoms with E-state index in [2.05, 4.69) is 0 Å². The third-order valence-electron chi connectivity index (χ3n) is 2.42. The second-order valence-electron chi connectivity index (χ2n) is 3.67. The summed E-state index contributed by atoms with van der Waals surface area (Å²) in [5, 5.41) is 10.3. The first-order valence-corrected chi connectivity index (χ1v) is 5.21. The van der Waals surface area contributed by atoms with Crippen molar-refractivity contribution in [3.8, 4) is 0 Å². The van der Waals surface area contributed by atoms with E-state index in [-0.39, 0.29) is 0 Å². The number of fused-ring (bicyclic) bond motifs is 1. The Labute approximate surface area is 111 Å². The Hall–Kier alpha value is -2.36. The summed E-state index contributed by atoms with van der Waals surface area (Å²) < 4.78 is 38.3. The van der Waals surface area contributed by atoms with E-state index < -0.39 is 49.5 Å². The Morgan fingerprint density at radius 1 is 1.15 bits per heavy atom. The lowest BCUT2D eigenvalue weighted by Crippen LogP contribution is -2.29. The molecular formula is C9H3ClF3N3O4. The summed E-state index contributed by atoms with van der Waals surface area (Å²) in [6, 6.07) is 0.316. The van der Waals surface area contributed by atoms with Crippen LogP contribution in [0.4, 0.5) is 18.9 Å². The average molecular weight is 310 g/mol. The Kier molecular flexibility index (Phi) is 3.05. The molecule has 0 radical (unpaired) electrons. The molecule has 0 saturated carbocycles. The molecule has 0 aliphatic heterocycles. The van der Waals surface area contributed by atoms with Gasteiger partial charge in [-0.05, 0) is 6.07 Å². The zero-order valence-electron chi connectivity index (χ0n) is 9.17. The Morgan fingerprint density at radius 3 is 2.10 bits per heavy atom. The van der Waals surface area contributed by atoms with Crippen LogP contribution in [-0.4, -0.2) is 14.9 Å².